The van der Waals surface area contributed by atoms with Gasteiger partial charge in [0.1, 0.15) is 18.0 Å². The number of carbonyl (C=O) groups is 1. The molecule has 0 unspecified atom stereocenters. The van der Waals surface area contributed by atoms with Gasteiger partial charge in [-0.3, -0.25) is 0 Å². The van der Waals surface area contributed by atoms with E-state index in [1.54, 1.807) is 28.9 Å². The molecule has 106 valence electrons. The van der Waals surface area contributed by atoms with E-state index in [0.717, 1.165) is 5.65 Å². The quantitative estimate of drug-likeness (QED) is 0.755. The SMILES string of the molecule is O=C(OCc1cn2cc(Cl)ccc2n1)c1ccc(O)cc1. The fraction of sp³-hybridized carbons (Fsp3) is 0.0667. The lowest BCUT2D eigenvalue weighted by Gasteiger charge is -2.02. The van der Waals surface area contributed by atoms with Crippen molar-refractivity contribution >= 4 is 23.2 Å². The molecule has 6 heteroatoms. The number of fused-ring (bicyclic) bond motifs is 1. The number of carbonyl (C=O) groups excluding carboxylic acids is 1. The number of pyridine rings is 1. The third-order valence-corrected chi connectivity index (χ3v) is 3.14. The summed E-state index contributed by atoms with van der Waals surface area (Å²) in [7, 11) is 0. The monoisotopic (exact) mass is 302 g/mol. The zero-order valence-electron chi connectivity index (χ0n) is 10.9. The summed E-state index contributed by atoms with van der Waals surface area (Å²) in [5.41, 5.74) is 1.74. The van der Waals surface area contributed by atoms with Crippen LogP contribution in [0.1, 0.15) is 16.1 Å². The highest BCUT2D eigenvalue weighted by Crippen LogP contribution is 2.14. The molecule has 0 saturated carbocycles. The molecule has 0 amide bonds. The highest BCUT2D eigenvalue weighted by Gasteiger charge is 2.09. The Bertz CT molecular complexity index is 796. The Hall–Kier alpha value is -2.53. The second kappa shape index (κ2) is 5.46. The first-order chi connectivity index (χ1) is 10.1. The number of phenols is 1. The fourth-order valence-electron chi connectivity index (χ4n) is 1.91. The van der Waals surface area contributed by atoms with Crippen LogP contribution in [0.15, 0.2) is 48.8 Å². The normalized spacial score (nSPS) is 10.7. The van der Waals surface area contributed by atoms with Gasteiger partial charge in [0, 0.05) is 12.4 Å². The Kier molecular flexibility index (Phi) is 3.50. The van der Waals surface area contributed by atoms with Crippen LogP contribution in [0, 0.1) is 0 Å². The number of aromatic hydroxyl groups is 1. The first kappa shape index (κ1) is 13.5. The molecule has 3 aromatic rings. The Labute approximate surface area is 125 Å². The summed E-state index contributed by atoms with van der Waals surface area (Å²) in [6.07, 6.45) is 3.49. The van der Waals surface area contributed by atoms with Crippen molar-refractivity contribution in [2.24, 2.45) is 0 Å². The van der Waals surface area contributed by atoms with Gasteiger partial charge in [0.05, 0.1) is 16.3 Å². The number of ether oxygens (including phenoxy) is 1. The third-order valence-electron chi connectivity index (χ3n) is 2.92. The highest BCUT2D eigenvalue weighted by atomic mass is 35.5. The number of rotatable bonds is 3. The van der Waals surface area contributed by atoms with Crippen LogP contribution >= 0.6 is 11.6 Å². The number of nitrogens with zero attached hydrogens (tertiary/aromatic N) is 2. The van der Waals surface area contributed by atoms with Gasteiger partial charge < -0.3 is 14.2 Å². The van der Waals surface area contributed by atoms with Gasteiger partial charge >= 0.3 is 5.97 Å². The van der Waals surface area contributed by atoms with Gasteiger partial charge in [0.2, 0.25) is 0 Å². The van der Waals surface area contributed by atoms with E-state index in [2.05, 4.69) is 4.98 Å². The molecule has 21 heavy (non-hydrogen) atoms. The molecule has 0 aliphatic heterocycles. The number of halogens is 1. The zero-order valence-corrected chi connectivity index (χ0v) is 11.6. The Morgan fingerprint density at radius 2 is 1.95 bits per heavy atom. The molecule has 0 aliphatic rings. The maximum absolute atomic E-state index is 11.8. The van der Waals surface area contributed by atoms with Crippen LogP contribution in [-0.2, 0) is 11.3 Å². The van der Waals surface area contributed by atoms with Crippen LogP contribution in [0.2, 0.25) is 5.02 Å². The van der Waals surface area contributed by atoms with E-state index < -0.39 is 5.97 Å². The Balaban J connectivity index is 1.71. The van der Waals surface area contributed by atoms with E-state index in [4.69, 9.17) is 16.3 Å². The van der Waals surface area contributed by atoms with Crippen LogP contribution in [-0.4, -0.2) is 20.5 Å². The first-order valence-corrected chi connectivity index (χ1v) is 6.59. The second-order valence-corrected chi connectivity index (χ2v) is 4.90. The van der Waals surface area contributed by atoms with Crippen molar-refractivity contribution in [3.05, 3.63) is 65.1 Å². The van der Waals surface area contributed by atoms with Crippen LogP contribution in [0.25, 0.3) is 5.65 Å². The third kappa shape index (κ3) is 2.98. The summed E-state index contributed by atoms with van der Waals surface area (Å²) in [6.45, 7) is 0.0685. The molecule has 0 fully saturated rings. The molecule has 0 saturated heterocycles. The molecule has 0 atom stereocenters. The topological polar surface area (TPSA) is 63.8 Å². The number of aromatic nitrogens is 2. The lowest BCUT2D eigenvalue weighted by Crippen LogP contribution is -2.05. The van der Waals surface area contributed by atoms with Gasteiger partial charge in [-0.2, -0.15) is 0 Å². The van der Waals surface area contributed by atoms with Crippen LogP contribution in [0.5, 0.6) is 5.75 Å². The zero-order chi connectivity index (χ0) is 14.8. The number of benzene rings is 1. The maximum Gasteiger partial charge on any atom is 0.338 e. The number of esters is 1. The summed E-state index contributed by atoms with van der Waals surface area (Å²) in [5.74, 6) is -0.367. The van der Waals surface area contributed by atoms with E-state index in [0.29, 0.717) is 16.3 Å². The molecule has 1 aromatic carbocycles. The minimum Gasteiger partial charge on any atom is -0.508 e. The van der Waals surface area contributed by atoms with Crippen molar-refractivity contribution in [1.82, 2.24) is 9.38 Å². The molecular formula is C15H11ClN2O3. The Morgan fingerprint density at radius 1 is 1.19 bits per heavy atom. The number of hydrogen-bond acceptors (Lipinski definition) is 4. The van der Waals surface area contributed by atoms with Crippen LogP contribution in [0.4, 0.5) is 0 Å². The van der Waals surface area contributed by atoms with Crippen LogP contribution in [0.3, 0.4) is 0 Å². The molecule has 0 bridgehead atoms. The average Bonchev–Trinajstić information content (AvgIpc) is 2.87. The summed E-state index contributed by atoms with van der Waals surface area (Å²) < 4.78 is 6.95. The van der Waals surface area contributed by atoms with Gasteiger partial charge in [-0.1, -0.05) is 11.6 Å². The number of hydrogen-bond donors (Lipinski definition) is 1. The smallest absolute Gasteiger partial charge is 0.338 e. The summed E-state index contributed by atoms with van der Waals surface area (Å²) >= 11 is 5.89. The van der Waals surface area contributed by atoms with E-state index in [9.17, 15) is 9.90 Å². The van der Waals surface area contributed by atoms with Crippen molar-refractivity contribution in [1.29, 1.82) is 0 Å². The standard InChI is InChI=1S/C15H11ClN2O3/c16-11-3-6-14-17-12(8-18(14)7-11)9-21-15(20)10-1-4-13(19)5-2-10/h1-8,19H,9H2. The maximum atomic E-state index is 11.8. The van der Waals surface area contributed by atoms with Crippen molar-refractivity contribution in [2.75, 3.05) is 0 Å². The predicted octanol–water partition coefficient (Wildman–Crippen LogP) is 3.05. The molecule has 3 rings (SSSR count). The molecular weight excluding hydrogens is 292 g/mol. The molecule has 5 nitrogen and oxygen atoms in total. The minimum absolute atomic E-state index is 0.0685. The van der Waals surface area contributed by atoms with Gasteiger partial charge in [-0.05, 0) is 36.4 Å². The number of imidazole rings is 1. The molecule has 1 N–H and O–H groups in total. The van der Waals surface area contributed by atoms with Gasteiger partial charge in [0.15, 0.2) is 0 Å². The lowest BCUT2D eigenvalue weighted by molar-refractivity contribution is 0.0468. The molecule has 0 radical (unpaired) electrons. The molecule has 0 spiro atoms. The largest absolute Gasteiger partial charge is 0.508 e. The van der Waals surface area contributed by atoms with Crippen molar-refractivity contribution in [2.45, 2.75) is 6.61 Å². The van der Waals surface area contributed by atoms with Crippen molar-refractivity contribution < 1.29 is 14.6 Å². The summed E-state index contributed by atoms with van der Waals surface area (Å²) in [6, 6.07) is 9.40. The van der Waals surface area contributed by atoms with E-state index >= 15 is 0 Å². The summed E-state index contributed by atoms with van der Waals surface area (Å²) in [4.78, 5) is 16.2. The summed E-state index contributed by atoms with van der Waals surface area (Å²) in [5, 5.41) is 9.78. The van der Waals surface area contributed by atoms with Gasteiger partial charge in [0.25, 0.3) is 0 Å². The van der Waals surface area contributed by atoms with Crippen molar-refractivity contribution in [3.63, 3.8) is 0 Å². The number of phenolic OH excluding ortho intramolecular Hbond substituents is 1. The average molecular weight is 303 g/mol. The van der Waals surface area contributed by atoms with Crippen LogP contribution < -0.4 is 0 Å². The fourth-order valence-corrected chi connectivity index (χ4v) is 2.08. The minimum atomic E-state index is -0.468. The Morgan fingerprint density at radius 3 is 2.71 bits per heavy atom. The predicted molar refractivity (Wildman–Crippen MR) is 77.4 cm³/mol. The second-order valence-electron chi connectivity index (χ2n) is 4.47. The molecule has 0 aliphatic carbocycles. The lowest BCUT2D eigenvalue weighted by atomic mass is 10.2. The molecule has 2 aromatic heterocycles. The van der Waals surface area contributed by atoms with E-state index in [1.165, 1.54) is 24.3 Å². The van der Waals surface area contributed by atoms with Gasteiger partial charge in [-0.15, -0.1) is 0 Å². The van der Waals surface area contributed by atoms with E-state index in [1.807, 2.05) is 0 Å². The highest BCUT2D eigenvalue weighted by molar-refractivity contribution is 6.30. The van der Waals surface area contributed by atoms with Gasteiger partial charge in [-0.25, -0.2) is 9.78 Å². The molecule has 2 heterocycles. The van der Waals surface area contributed by atoms with E-state index in [-0.39, 0.29) is 12.4 Å². The van der Waals surface area contributed by atoms with Crippen molar-refractivity contribution in [3.8, 4) is 5.75 Å². The first-order valence-electron chi connectivity index (χ1n) is 6.21.